The van der Waals surface area contributed by atoms with E-state index >= 15 is 0 Å². The number of nitrogens with two attached hydrogens (primary N) is 2. The van der Waals surface area contributed by atoms with E-state index in [4.69, 9.17) is 11.5 Å². The Morgan fingerprint density at radius 3 is 1.73 bits per heavy atom. The van der Waals surface area contributed by atoms with Gasteiger partial charge in [0, 0.05) is 0 Å². The second-order valence-electron chi connectivity index (χ2n) is 4.78. The molecule has 83 valence electrons. The predicted octanol–water partition coefficient (Wildman–Crippen LogP) is 0.695. The van der Waals surface area contributed by atoms with Crippen molar-refractivity contribution in [3.63, 3.8) is 0 Å². The molecule has 2 nitrogen and oxygen atoms in total. The molecule has 1 radical (unpaired) electrons. The average molecular weight is 270 g/mol. The molecule has 0 fully saturated rings. The van der Waals surface area contributed by atoms with Gasteiger partial charge >= 0.3 is 100 Å². The molecule has 0 aliphatic carbocycles. The van der Waals surface area contributed by atoms with Crippen LogP contribution >= 0.6 is 0 Å². The van der Waals surface area contributed by atoms with E-state index in [0.717, 1.165) is 15.6 Å². The number of hydrogen-bond acceptors (Lipinski definition) is 2. The Morgan fingerprint density at radius 2 is 1.47 bits per heavy atom. The minimum absolute atomic E-state index is 0.140. The van der Waals surface area contributed by atoms with Gasteiger partial charge in [-0.2, -0.15) is 0 Å². The van der Waals surface area contributed by atoms with Crippen LogP contribution in [0.2, 0.25) is 0 Å². The van der Waals surface area contributed by atoms with Gasteiger partial charge < -0.3 is 0 Å². The van der Waals surface area contributed by atoms with E-state index in [-0.39, 0.29) is 5.41 Å². The van der Waals surface area contributed by atoms with Gasteiger partial charge in [0.05, 0.1) is 0 Å². The van der Waals surface area contributed by atoms with E-state index in [0.29, 0.717) is 13.1 Å². The van der Waals surface area contributed by atoms with E-state index in [1.807, 2.05) is 0 Å². The van der Waals surface area contributed by atoms with Crippen molar-refractivity contribution in [3.8, 4) is 0 Å². The molecule has 1 aromatic carbocycles. The third-order valence-corrected chi connectivity index (χ3v) is 3.65. The molecule has 1 aromatic rings. The number of benzene rings is 1. The molecule has 0 amide bonds. The molecule has 0 saturated carbocycles. The molecule has 0 bridgehead atoms. The Labute approximate surface area is 100 Å². The zero-order valence-electron chi connectivity index (χ0n) is 9.63. The molecular weight excluding hydrogens is 251 g/mol. The fourth-order valence-electron chi connectivity index (χ4n) is 1.49. The Bertz CT molecular complexity index is 328. The molecule has 15 heavy (non-hydrogen) atoms. The van der Waals surface area contributed by atoms with Crippen LogP contribution in [0.5, 0.6) is 0 Å². The molecule has 4 N–H and O–H groups in total. The molecule has 3 heteroatoms. The predicted molar refractivity (Wildman–Crippen MR) is 66.3 cm³/mol. The first-order valence-corrected chi connectivity index (χ1v) is 5.99. The van der Waals surface area contributed by atoms with Crippen molar-refractivity contribution in [1.82, 2.24) is 0 Å². The summed E-state index contributed by atoms with van der Waals surface area (Å²) in [6.45, 7) is 7.70. The molecule has 0 aromatic heterocycles. The van der Waals surface area contributed by atoms with Crippen LogP contribution in [0.4, 0.5) is 0 Å². The first kappa shape index (κ1) is 12.7. The van der Waals surface area contributed by atoms with Crippen molar-refractivity contribution >= 4 is 20.5 Å². The van der Waals surface area contributed by atoms with Crippen LogP contribution in [0.25, 0.3) is 0 Å². The summed E-state index contributed by atoms with van der Waals surface area (Å²) in [5, 5.41) is 0. The molecule has 0 aliphatic rings. The SMILES string of the molecule is CC(C)(C)c1cc(CN)c([Se])c(CN)c1. The molecule has 1 rings (SSSR count). The summed E-state index contributed by atoms with van der Waals surface area (Å²) in [6.07, 6.45) is 0. The Morgan fingerprint density at radius 1 is 1.07 bits per heavy atom. The number of hydrogen-bond donors (Lipinski definition) is 2. The monoisotopic (exact) mass is 271 g/mol. The summed E-state index contributed by atoms with van der Waals surface area (Å²) in [7, 11) is 0. The van der Waals surface area contributed by atoms with Crippen LogP contribution in [-0.4, -0.2) is 16.0 Å². The van der Waals surface area contributed by atoms with Crippen molar-refractivity contribution in [2.24, 2.45) is 11.5 Å². The van der Waals surface area contributed by atoms with Crippen LogP contribution in [0.1, 0.15) is 37.5 Å². The Hall–Kier alpha value is -0.341. The third kappa shape index (κ3) is 2.82. The molecule has 0 heterocycles. The standard InChI is InChI=1S/C12H19N2Se/c1-12(2,3)10-4-8(6-13)11(15)9(5-10)7-14/h4-5H,6-7,13-14H2,1-3H3. The maximum atomic E-state index is 5.73. The fourth-order valence-corrected chi connectivity index (χ4v) is 2.09. The van der Waals surface area contributed by atoms with Crippen LogP contribution in [0.3, 0.4) is 0 Å². The van der Waals surface area contributed by atoms with Gasteiger partial charge in [0.25, 0.3) is 0 Å². The fraction of sp³-hybridized carbons (Fsp3) is 0.500. The summed E-state index contributed by atoms with van der Waals surface area (Å²) in [5.74, 6) is 0. The van der Waals surface area contributed by atoms with Crippen molar-refractivity contribution in [3.05, 3.63) is 28.8 Å². The Kier molecular flexibility index (Phi) is 3.96. The summed E-state index contributed by atoms with van der Waals surface area (Å²) >= 11 is 3.06. The third-order valence-electron chi connectivity index (χ3n) is 2.55. The van der Waals surface area contributed by atoms with Gasteiger partial charge in [-0.25, -0.2) is 0 Å². The van der Waals surface area contributed by atoms with Crippen molar-refractivity contribution in [2.75, 3.05) is 0 Å². The molecule has 0 atom stereocenters. The molecular formula is C12H19N2Se. The molecule has 0 spiro atoms. The van der Waals surface area contributed by atoms with E-state index in [2.05, 4.69) is 48.9 Å². The molecule has 0 unspecified atom stereocenters. The summed E-state index contributed by atoms with van der Waals surface area (Å²) < 4.78 is 1.12. The van der Waals surface area contributed by atoms with E-state index in [9.17, 15) is 0 Å². The van der Waals surface area contributed by atoms with Gasteiger partial charge in [-0.1, -0.05) is 0 Å². The van der Waals surface area contributed by atoms with Gasteiger partial charge in [-0.3, -0.25) is 0 Å². The van der Waals surface area contributed by atoms with Gasteiger partial charge in [0.2, 0.25) is 0 Å². The summed E-state index contributed by atoms with van der Waals surface area (Å²) in [6, 6.07) is 4.34. The minimum atomic E-state index is 0.140. The van der Waals surface area contributed by atoms with Gasteiger partial charge in [-0.05, 0) is 0 Å². The Balaban J connectivity index is 3.33. The normalized spacial score (nSPS) is 11.8. The van der Waals surface area contributed by atoms with Gasteiger partial charge in [0.15, 0.2) is 0 Å². The van der Waals surface area contributed by atoms with Crippen LogP contribution < -0.4 is 15.9 Å². The molecule has 0 aliphatic heterocycles. The van der Waals surface area contributed by atoms with Crippen LogP contribution in [0, 0.1) is 0 Å². The second kappa shape index (κ2) is 4.67. The zero-order chi connectivity index (χ0) is 11.6. The van der Waals surface area contributed by atoms with Crippen molar-refractivity contribution < 1.29 is 0 Å². The second-order valence-corrected chi connectivity index (χ2v) is 5.64. The topological polar surface area (TPSA) is 52.0 Å². The van der Waals surface area contributed by atoms with Crippen LogP contribution in [-0.2, 0) is 18.5 Å². The van der Waals surface area contributed by atoms with Gasteiger partial charge in [0.1, 0.15) is 0 Å². The zero-order valence-corrected chi connectivity index (χ0v) is 11.3. The molecule has 0 saturated heterocycles. The maximum absolute atomic E-state index is 5.73. The van der Waals surface area contributed by atoms with Gasteiger partial charge in [-0.15, -0.1) is 0 Å². The average Bonchev–Trinajstić information content (AvgIpc) is 2.16. The summed E-state index contributed by atoms with van der Waals surface area (Å²) in [4.78, 5) is 0. The van der Waals surface area contributed by atoms with E-state index < -0.39 is 0 Å². The van der Waals surface area contributed by atoms with Crippen molar-refractivity contribution in [2.45, 2.75) is 39.3 Å². The first-order valence-electron chi connectivity index (χ1n) is 5.13. The van der Waals surface area contributed by atoms with Crippen molar-refractivity contribution in [1.29, 1.82) is 0 Å². The summed E-state index contributed by atoms with van der Waals surface area (Å²) in [5.41, 5.74) is 15.2. The quantitative estimate of drug-likeness (QED) is 0.777. The first-order chi connectivity index (χ1) is 6.90. The number of rotatable bonds is 2. The van der Waals surface area contributed by atoms with E-state index in [1.54, 1.807) is 0 Å². The van der Waals surface area contributed by atoms with Crippen LogP contribution in [0.15, 0.2) is 12.1 Å². The van der Waals surface area contributed by atoms with E-state index in [1.165, 1.54) is 5.56 Å².